The number of nitriles is 2. The van der Waals surface area contributed by atoms with E-state index in [0.717, 1.165) is 30.7 Å². The van der Waals surface area contributed by atoms with E-state index < -0.39 is 29.4 Å². The second-order valence-electron chi connectivity index (χ2n) is 14.0. The van der Waals surface area contributed by atoms with Gasteiger partial charge in [-0.1, -0.05) is 23.7 Å². The second kappa shape index (κ2) is 14.6. The quantitative estimate of drug-likeness (QED) is 0.205. The lowest BCUT2D eigenvalue weighted by atomic mass is 9.95. The summed E-state index contributed by atoms with van der Waals surface area (Å²) in [6, 6.07) is 7.61. The van der Waals surface area contributed by atoms with Crippen LogP contribution in [0.2, 0.25) is 5.02 Å². The molecule has 4 aromatic rings. The number of hydrogen-bond donors (Lipinski definition) is 1. The zero-order chi connectivity index (χ0) is 37.6. The maximum absolute atomic E-state index is 17.1. The van der Waals surface area contributed by atoms with Crippen LogP contribution < -0.4 is 15.4 Å². The van der Waals surface area contributed by atoms with Crippen molar-refractivity contribution >= 4 is 60.7 Å². The number of likely N-dealkylation sites (N-methyl/N-ethyl adjacent to an activating group) is 1. The third-order valence-electron chi connectivity index (χ3n) is 10.4. The number of fused-ring (bicyclic) bond motifs is 3. The first-order valence-electron chi connectivity index (χ1n) is 17.3. The summed E-state index contributed by atoms with van der Waals surface area (Å²) in [5.74, 6) is -1.39. The van der Waals surface area contributed by atoms with Crippen molar-refractivity contribution in [1.29, 1.82) is 10.5 Å². The molecule has 276 valence electrons. The summed E-state index contributed by atoms with van der Waals surface area (Å²) in [5.41, 5.74) is 5.49. The highest BCUT2D eigenvalue weighted by atomic mass is 35.5. The molecule has 1 amide bonds. The molecule has 53 heavy (non-hydrogen) atoms. The van der Waals surface area contributed by atoms with Crippen LogP contribution in [0.3, 0.4) is 0 Å². The Bertz CT molecular complexity index is 2220. The van der Waals surface area contributed by atoms with Gasteiger partial charge in [0.25, 0.3) is 0 Å². The first kappa shape index (κ1) is 36.7. The Morgan fingerprint density at radius 2 is 2.04 bits per heavy atom. The van der Waals surface area contributed by atoms with Crippen molar-refractivity contribution in [1.82, 2.24) is 24.7 Å². The highest BCUT2D eigenvalue weighted by Crippen LogP contribution is 2.46. The average Bonchev–Trinajstić information content (AvgIpc) is 3.77. The van der Waals surface area contributed by atoms with Crippen molar-refractivity contribution in [2.75, 3.05) is 70.6 Å². The molecule has 11 nitrogen and oxygen atoms in total. The number of anilines is 2. The minimum absolute atomic E-state index is 0.0121. The molecule has 3 aliphatic rings. The molecule has 2 aromatic carbocycles. The van der Waals surface area contributed by atoms with Crippen LogP contribution in [0.5, 0.6) is 6.01 Å². The minimum Gasteiger partial charge on any atom is -0.461 e. The maximum Gasteiger partial charge on any atom is 0.319 e. The van der Waals surface area contributed by atoms with Crippen LogP contribution in [0.1, 0.15) is 31.2 Å². The number of nitrogens with two attached hydrogens (primary N) is 1. The molecule has 2 N–H and O–H groups in total. The Hall–Kier alpha value is -4.67. The number of ether oxygens (including phenoxy) is 1. The molecule has 3 aliphatic heterocycles. The topological polar surface area (TPSA) is 139 Å². The highest BCUT2D eigenvalue weighted by Gasteiger charge is 2.49. The smallest absolute Gasteiger partial charge is 0.319 e. The normalized spacial score (nSPS) is 21.9. The molecule has 3 atom stereocenters. The summed E-state index contributed by atoms with van der Waals surface area (Å²) >= 11 is 7.76. The van der Waals surface area contributed by atoms with Crippen LogP contribution in [0.25, 0.3) is 32.1 Å². The van der Waals surface area contributed by atoms with E-state index in [2.05, 4.69) is 16.0 Å². The van der Waals surface area contributed by atoms with Crippen LogP contribution in [-0.2, 0) is 4.79 Å². The highest BCUT2D eigenvalue weighted by molar-refractivity contribution is 7.23. The number of halogens is 4. The van der Waals surface area contributed by atoms with E-state index in [4.69, 9.17) is 27.1 Å². The zero-order valence-corrected chi connectivity index (χ0v) is 30.8. The molecule has 7 rings (SSSR count). The van der Waals surface area contributed by atoms with Gasteiger partial charge in [0.1, 0.15) is 41.0 Å². The lowest BCUT2D eigenvalue weighted by Gasteiger charge is -2.41. The van der Waals surface area contributed by atoms with Crippen molar-refractivity contribution < 1.29 is 22.7 Å². The van der Waals surface area contributed by atoms with Gasteiger partial charge in [-0.3, -0.25) is 9.69 Å². The van der Waals surface area contributed by atoms with Crippen LogP contribution in [-0.4, -0.2) is 108 Å². The summed E-state index contributed by atoms with van der Waals surface area (Å²) in [6.45, 7) is 2.49. The van der Waals surface area contributed by atoms with E-state index in [0.29, 0.717) is 26.1 Å². The molecule has 0 aliphatic carbocycles. The van der Waals surface area contributed by atoms with Gasteiger partial charge in [0.2, 0.25) is 5.91 Å². The number of hydrogen-bond acceptors (Lipinski definition) is 11. The molecule has 0 radical (unpaired) electrons. The van der Waals surface area contributed by atoms with Gasteiger partial charge in [-0.25, -0.2) is 13.2 Å². The SMILES string of the molecule is CN(C)C/C=C/C(=O)N1CCN(c2nc(OC[C@@]34CCCN3C[C@H](F)C4)nc3c(F)c(-c4ccc(F)c5sc(N)c(C#N)c45)c(Cl)cc23)CC1CC#N. The Morgan fingerprint density at radius 1 is 1.23 bits per heavy atom. The Morgan fingerprint density at radius 3 is 2.79 bits per heavy atom. The first-order chi connectivity index (χ1) is 25.4. The number of aromatic nitrogens is 2. The summed E-state index contributed by atoms with van der Waals surface area (Å²) in [4.78, 5) is 30.1. The fraction of sp³-hybridized carbons (Fsp3) is 0.432. The molecule has 2 aromatic heterocycles. The number of nitrogen functional groups attached to an aromatic ring is 1. The molecule has 0 spiro atoms. The Kier molecular flexibility index (Phi) is 10.1. The van der Waals surface area contributed by atoms with E-state index in [1.165, 1.54) is 24.3 Å². The van der Waals surface area contributed by atoms with Gasteiger partial charge < -0.3 is 25.2 Å². The number of thiophene rings is 1. The van der Waals surface area contributed by atoms with Crippen LogP contribution in [0.15, 0.2) is 30.4 Å². The third-order valence-corrected chi connectivity index (χ3v) is 11.7. The number of amides is 1. The number of nitrogens with zero attached hydrogens (tertiary/aromatic N) is 8. The Labute approximate surface area is 313 Å². The van der Waals surface area contributed by atoms with Gasteiger partial charge in [-0.05, 0) is 51.2 Å². The fourth-order valence-electron chi connectivity index (χ4n) is 7.95. The number of piperazine rings is 1. The van der Waals surface area contributed by atoms with Gasteiger partial charge in [0.15, 0.2) is 5.82 Å². The number of benzene rings is 2. The molecular weight excluding hydrogens is 727 g/mol. The number of carbonyl (C=O) groups is 1. The van der Waals surface area contributed by atoms with E-state index in [1.54, 1.807) is 11.0 Å². The number of carbonyl (C=O) groups excluding carboxylic acids is 1. The van der Waals surface area contributed by atoms with E-state index in [1.807, 2.05) is 30.0 Å². The molecule has 5 heterocycles. The largest absolute Gasteiger partial charge is 0.461 e. The number of alkyl halides is 1. The van der Waals surface area contributed by atoms with Crippen molar-refractivity contribution in [2.45, 2.75) is 43.4 Å². The molecule has 0 bridgehead atoms. The first-order valence-corrected chi connectivity index (χ1v) is 18.5. The maximum atomic E-state index is 17.1. The van der Waals surface area contributed by atoms with Crippen molar-refractivity contribution in [3.63, 3.8) is 0 Å². The van der Waals surface area contributed by atoms with Crippen LogP contribution in [0, 0.1) is 34.3 Å². The zero-order valence-electron chi connectivity index (χ0n) is 29.2. The van der Waals surface area contributed by atoms with Gasteiger partial charge in [0.05, 0.1) is 39.4 Å². The summed E-state index contributed by atoms with van der Waals surface area (Å²) in [7, 11) is 3.79. The molecule has 3 saturated heterocycles. The molecule has 3 fully saturated rings. The van der Waals surface area contributed by atoms with Gasteiger partial charge >= 0.3 is 6.01 Å². The van der Waals surface area contributed by atoms with Gasteiger partial charge in [-0.2, -0.15) is 20.5 Å². The lowest BCUT2D eigenvalue weighted by Crippen LogP contribution is -2.55. The van der Waals surface area contributed by atoms with Crippen molar-refractivity contribution in [2.24, 2.45) is 0 Å². The van der Waals surface area contributed by atoms with E-state index in [9.17, 15) is 24.1 Å². The molecular formula is C37H37ClF3N9O2S. The van der Waals surface area contributed by atoms with Gasteiger partial charge in [0, 0.05) is 61.6 Å². The monoisotopic (exact) mass is 763 g/mol. The Balaban J connectivity index is 1.33. The van der Waals surface area contributed by atoms with Crippen LogP contribution >= 0.6 is 22.9 Å². The summed E-state index contributed by atoms with van der Waals surface area (Å²) < 4.78 is 53.0. The van der Waals surface area contributed by atoms with Crippen molar-refractivity contribution in [3.05, 3.63) is 52.6 Å². The number of rotatable bonds is 9. The molecule has 1 unspecified atom stereocenters. The van der Waals surface area contributed by atoms with E-state index in [-0.39, 0.29) is 91.6 Å². The lowest BCUT2D eigenvalue weighted by molar-refractivity contribution is -0.128. The van der Waals surface area contributed by atoms with E-state index >= 15 is 4.39 Å². The summed E-state index contributed by atoms with van der Waals surface area (Å²) in [5, 5.41) is 20.1. The fourth-order valence-corrected chi connectivity index (χ4v) is 9.19. The third kappa shape index (κ3) is 6.72. The standard InChI is InChI=1S/C37H37ClF3N9O2S/c1-47(2)11-3-5-28(51)50-14-13-48(19-22(50)8-10-42)35-24-15-26(38)30(23-6-7-27(40)33-29(23)25(17-43)34(44)53-33)31(41)32(24)45-36(46-35)52-20-37-9-4-12-49(37)18-21(39)16-37/h3,5-7,15,21-22H,4,8-9,11-14,16,18-20,44H2,1-2H3/b5-3+/t21-,22?,37+/m1/s1. The molecule has 16 heteroatoms. The second-order valence-corrected chi connectivity index (χ2v) is 15.5. The predicted octanol–water partition coefficient (Wildman–Crippen LogP) is 5.90. The average molecular weight is 764 g/mol. The molecule has 0 saturated carbocycles. The minimum atomic E-state index is -0.986. The van der Waals surface area contributed by atoms with Crippen LogP contribution in [0.4, 0.5) is 24.0 Å². The van der Waals surface area contributed by atoms with Gasteiger partial charge in [-0.15, -0.1) is 11.3 Å². The predicted molar refractivity (Wildman–Crippen MR) is 199 cm³/mol. The van der Waals surface area contributed by atoms with Crippen molar-refractivity contribution in [3.8, 4) is 29.3 Å². The summed E-state index contributed by atoms with van der Waals surface area (Å²) in [6.07, 6.45) is 4.27.